The van der Waals surface area contributed by atoms with Gasteiger partial charge in [0.1, 0.15) is 5.54 Å². The van der Waals surface area contributed by atoms with E-state index in [9.17, 15) is 14.4 Å². The van der Waals surface area contributed by atoms with Crippen LogP contribution in [0.15, 0.2) is 30.3 Å². The lowest BCUT2D eigenvalue weighted by atomic mass is 9.87. The fourth-order valence-electron chi connectivity index (χ4n) is 2.58. The van der Waals surface area contributed by atoms with Gasteiger partial charge in [-0.1, -0.05) is 51.1 Å². The van der Waals surface area contributed by atoms with Crippen molar-refractivity contribution in [1.29, 1.82) is 0 Å². The summed E-state index contributed by atoms with van der Waals surface area (Å²) < 4.78 is 0. The lowest BCUT2D eigenvalue weighted by Crippen LogP contribution is -2.48. The van der Waals surface area contributed by atoms with E-state index < -0.39 is 17.5 Å². The number of hydrazine groups is 1. The van der Waals surface area contributed by atoms with Crippen molar-refractivity contribution >= 4 is 17.8 Å². The molecule has 2 rings (SSSR count). The van der Waals surface area contributed by atoms with E-state index in [1.807, 2.05) is 39.0 Å². The minimum atomic E-state index is -1.12. The molecule has 2 N–H and O–H groups in total. The molecule has 6 nitrogen and oxygen atoms in total. The largest absolute Gasteiger partial charge is 0.344 e. The van der Waals surface area contributed by atoms with E-state index in [2.05, 4.69) is 10.7 Å². The molecule has 0 bridgehead atoms. The number of carbonyl (C=O) groups excluding carboxylic acids is 3. The van der Waals surface area contributed by atoms with Crippen LogP contribution in [0.3, 0.4) is 0 Å². The molecule has 0 radical (unpaired) electrons. The summed E-state index contributed by atoms with van der Waals surface area (Å²) in [5.74, 6) is -0.660. The molecule has 0 aliphatic carbocycles. The highest BCUT2D eigenvalue weighted by atomic mass is 16.2. The van der Waals surface area contributed by atoms with Gasteiger partial charge in [0.25, 0.3) is 5.91 Å². The maximum absolute atomic E-state index is 12.7. The number of imide groups is 1. The molecule has 1 atom stereocenters. The van der Waals surface area contributed by atoms with E-state index >= 15 is 0 Å². The molecule has 1 heterocycles. The first-order chi connectivity index (χ1) is 10.4. The Hall–Kier alpha value is -2.37. The Bertz CT molecular complexity index is 586. The molecule has 4 amide bonds. The minimum absolute atomic E-state index is 0.144. The normalized spacial score (nSPS) is 21.2. The number of urea groups is 1. The number of nitrogens with one attached hydrogen (secondary N) is 2. The third-order valence-corrected chi connectivity index (χ3v) is 3.72. The van der Waals surface area contributed by atoms with Crippen LogP contribution in [0, 0.1) is 5.92 Å². The van der Waals surface area contributed by atoms with Gasteiger partial charge >= 0.3 is 6.03 Å². The van der Waals surface area contributed by atoms with Gasteiger partial charge in [-0.15, -0.1) is 0 Å². The Morgan fingerprint density at radius 1 is 1.27 bits per heavy atom. The number of nitrogens with zero attached hydrogens (tertiary/aromatic N) is 1. The molecule has 1 saturated heterocycles. The van der Waals surface area contributed by atoms with Crippen LogP contribution in [0.5, 0.6) is 0 Å². The van der Waals surface area contributed by atoms with Crippen LogP contribution in [-0.4, -0.2) is 22.9 Å². The van der Waals surface area contributed by atoms with Gasteiger partial charge in [0.2, 0.25) is 5.91 Å². The second-order valence-corrected chi connectivity index (χ2v) is 5.83. The number of carbonyl (C=O) groups is 3. The highest BCUT2D eigenvalue weighted by molar-refractivity contribution is 6.08. The highest BCUT2D eigenvalue weighted by Crippen LogP contribution is 2.31. The molecular weight excluding hydrogens is 282 g/mol. The molecule has 1 aliphatic heterocycles. The third-order valence-electron chi connectivity index (χ3n) is 3.72. The van der Waals surface area contributed by atoms with Crippen molar-refractivity contribution in [3.63, 3.8) is 0 Å². The molecule has 1 aromatic carbocycles. The number of amides is 4. The fourth-order valence-corrected chi connectivity index (χ4v) is 2.58. The van der Waals surface area contributed by atoms with E-state index in [1.54, 1.807) is 12.1 Å². The molecule has 0 spiro atoms. The predicted octanol–water partition coefficient (Wildman–Crippen LogP) is 1.92. The topological polar surface area (TPSA) is 78.5 Å². The highest BCUT2D eigenvalue weighted by Gasteiger charge is 2.52. The molecule has 1 aromatic rings. The van der Waals surface area contributed by atoms with Gasteiger partial charge in [-0.2, -0.15) is 5.01 Å². The van der Waals surface area contributed by atoms with Gasteiger partial charge < -0.3 is 5.32 Å². The molecule has 118 valence electrons. The van der Waals surface area contributed by atoms with Crippen molar-refractivity contribution < 1.29 is 14.4 Å². The Labute approximate surface area is 129 Å². The molecule has 0 unspecified atom stereocenters. The molecule has 0 saturated carbocycles. The van der Waals surface area contributed by atoms with Gasteiger partial charge in [0.05, 0.1) is 0 Å². The van der Waals surface area contributed by atoms with Crippen molar-refractivity contribution in [1.82, 2.24) is 15.8 Å². The summed E-state index contributed by atoms with van der Waals surface area (Å²) in [4.78, 5) is 36.7. The summed E-state index contributed by atoms with van der Waals surface area (Å²) in [6, 6.07) is 8.45. The Morgan fingerprint density at radius 2 is 1.91 bits per heavy atom. The molecule has 1 aliphatic rings. The Kier molecular flexibility index (Phi) is 4.49. The fraction of sp³-hybridized carbons (Fsp3) is 0.438. The maximum atomic E-state index is 12.7. The number of benzene rings is 1. The summed E-state index contributed by atoms with van der Waals surface area (Å²) >= 11 is 0. The maximum Gasteiger partial charge on any atom is 0.344 e. The van der Waals surface area contributed by atoms with Gasteiger partial charge in [0, 0.05) is 6.42 Å². The van der Waals surface area contributed by atoms with Crippen LogP contribution in [-0.2, 0) is 15.1 Å². The molecule has 1 fully saturated rings. The van der Waals surface area contributed by atoms with Crippen LogP contribution < -0.4 is 10.7 Å². The van der Waals surface area contributed by atoms with E-state index in [4.69, 9.17) is 0 Å². The Balaban J connectivity index is 2.25. The summed E-state index contributed by atoms with van der Waals surface area (Å²) in [5.41, 5.74) is 1.98. The van der Waals surface area contributed by atoms with E-state index in [-0.39, 0.29) is 18.2 Å². The monoisotopic (exact) mass is 303 g/mol. The first-order valence-corrected chi connectivity index (χ1v) is 7.42. The number of hydrogen-bond acceptors (Lipinski definition) is 3. The lowest BCUT2D eigenvalue weighted by Gasteiger charge is -2.25. The van der Waals surface area contributed by atoms with Crippen LogP contribution in [0.1, 0.15) is 39.2 Å². The number of rotatable bonds is 5. The SMILES string of the molecule is CC[C@]1(c2ccccc2)NC(=O)N(NC(=O)CC(C)C)C1=O. The average Bonchev–Trinajstić information content (AvgIpc) is 2.72. The first-order valence-electron chi connectivity index (χ1n) is 7.42. The van der Waals surface area contributed by atoms with Crippen molar-refractivity contribution in [3.05, 3.63) is 35.9 Å². The zero-order chi connectivity index (χ0) is 16.3. The van der Waals surface area contributed by atoms with E-state index in [0.29, 0.717) is 12.0 Å². The second-order valence-electron chi connectivity index (χ2n) is 5.83. The summed E-state index contributed by atoms with van der Waals surface area (Å²) in [6.45, 7) is 5.61. The number of hydrogen-bond donors (Lipinski definition) is 2. The van der Waals surface area contributed by atoms with Gasteiger partial charge in [-0.05, 0) is 17.9 Å². The van der Waals surface area contributed by atoms with E-state index in [1.165, 1.54) is 0 Å². The van der Waals surface area contributed by atoms with Crippen molar-refractivity contribution in [2.24, 2.45) is 5.92 Å². The summed E-state index contributed by atoms with van der Waals surface area (Å²) in [6.07, 6.45) is 0.652. The van der Waals surface area contributed by atoms with E-state index in [0.717, 1.165) is 5.01 Å². The van der Waals surface area contributed by atoms with Crippen LogP contribution in [0.4, 0.5) is 4.79 Å². The van der Waals surface area contributed by atoms with Crippen LogP contribution in [0.2, 0.25) is 0 Å². The smallest absolute Gasteiger partial charge is 0.318 e. The van der Waals surface area contributed by atoms with Crippen molar-refractivity contribution in [3.8, 4) is 0 Å². The molecule has 0 aromatic heterocycles. The predicted molar refractivity (Wildman–Crippen MR) is 81.4 cm³/mol. The average molecular weight is 303 g/mol. The third kappa shape index (κ3) is 2.81. The van der Waals surface area contributed by atoms with Crippen LogP contribution >= 0.6 is 0 Å². The Morgan fingerprint density at radius 3 is 2.45 bits per heavy atom. The standard InChI is InChI=1S/C16H21N3O3/c1-4-16(12-8-6-5-7-9-12)14(21)19(15(22)17-16)18-13(20)10-11(2)3/h5-9,11H,4,10H2,1-3H3,(H,17,22)(H,18,20)/t16-/m1/s1. The zero-order valence-electron chi connectivity index (χ0n) is 13.1. The van der Waals surface area contributed by atoms with Gasteiger partial charge in [-0.25, -0.2) is 4.79 Å². The minimum Gasteiger partial charge on any atom is -0.318 e. The second kappa shape index (κ2) is 6.17. The lowest BCUT2D eigenvalue weighted by molar-refractivity contribution is -0.139. The van der Waals surface area contributed by atoms with Gasteiger partial charge in [-0.3, -0.25) is 15.0 Å². The van der Waals surface area contributed by atoms with Gasteiger partial charge in [0.15, 0.2) is 0 Å². The molecule has 22 heavy (non-hydrogen) atoms. The van der Waals surface area contributed by atoms with Crippen molar-refractivity contribution in [2.45, 2.75) is 39.2 Å². The zero-order valence-corrected chi connectivity index (χ0v) is 13.1. The molecular formula is C16H21N3O3. The van der Waals surface area contributed by atoms with Crippen molar-refractivity contribution in [2.75, 3.05) is 0 Å². The first kappa shape index (κ1) is 16.0. The molecule has 6 heteroatoms. The quantitative estimate of drug-likeness (QED) is 0.816. The summed E-state index contributed by atoms with van der Waals surface area (Å²) in [7, 11) is 0. The summed E-state index contributed by atoms with van der Waals surface area (Å²) in [5, 5.41) is 3.51. The van der Waals surface area contributed by atoms with Crippen LogP contribution in [0.25, 0.3) is 0 Å².